The molecule has 0 aliphatic carbocycles. The van der Waals surface area contributed by atoms with Gasteiger partial charge in [0.05, 0.1) is 6.04 Å². The van der Waals surface area contributed by atoms with Gasteiger partial charge in [-0.15, -0.1) is 0 Å². The summed E-state index contributed by atoms with van der Waals surface area (Å²) in [6.45, 7) is 1.44. The molecular formula is C14H20N2O2. The van der Waals surface area contributed by atoms with Crippen LogP contribution in [0.4, 0.5) is 5.69 Å². The van der Waals surface area contributed by atoms with Crippen LogP contribution in [0.3, 0.4) is 0 Å². The van der Waals surface area contributed by atoms with E-state index >= 15 is 0 Å². The van der Waals surface area contributed by atoms with Crippen molar-refractivity contribution in [3.8, 4) is 0 Å². The molecule has 1 aromatic rings. The van der Waals surface area contributed by atoms with Crippen molar-refractivity contribution < 1.29 is 9.53 Å². The van der Waals surface area contributed by atoms with Gasteiger partial charge in [-0.05, 0) is 24.5 Å². The molecule has 1 heterocycles. The number of methoxy groups -OCH3 is 1. The van der Waals surface area contributed by atoms with Crippen LogP contribution in [0.5, 0.6) is 0 Å². The normalized spacial score (nSPS) is 17.7. The highest BCUT2D eigenvalue weighted by Crippen LogP contribution is 2.20. The number of carbonyl (C=O) groups is 1. The predicted octanol–water partition coefficient (Wildman–Crippen LogP) is 1.57. The summed E-state index contributed by atoms with van der Waals surface area (Å²) in [7, 11) is 1.65. The Morgan fingerprint density at radius 2 is 2.33 bits per heavy atom. The Morgan fingerprint density at radius 3 is 3.17 bits per heavy atom. The fraction of sp³-hybridized carbons (Fsp3) is 0.500. The summed E-state index contributed by atoms with van der Waals surface area (Å²) >= 11 is 0. The molecule has 0 aromatic heterocycles. The molecule has 0 spiro atoms. The average Bonchev–Trinajstić information content (AvgIpc) is 2.39. The number of anilines is 1. The Labute approximate surface area is 108 Å². The van der Waals surface area contributed by atoms with E-state index in [1.54, 1.807) is 7.11 Å². The van der Waals surface area contributed by atoms with Crippen LogP contribution in [0.15, 0.2) is 24.3 Å². The summed E-state index contributed by atoms with van der Waals surface area (Å²) in [4.78, 5) is 11.7. The highest BCUT2D eigenvalue weighted by Gasteiger charge is 2.18. The van der Waals surface area contributed by atoms with Crippen molar-refractivity contribution in [3.05, 3.63) is 29.8 Å². The number of para-hydroxylation sites is 1. The van der Waals surface area contributed by atoms with Crippen LogP contribution in [0.1, 0.15) is 18.4 Å². The van der Waals surface area contributed by atoms with Crippen molar-refractivity contribution in [1.82, 2.24) is 5.32 Å². The summed E-state index contributed by atoms with van der Waals surface area (Å²) in [6.07, 6.45) is 2.21. The fourth-order valence-corrected chi connectivity index (χ4v) is 2.22. The molecule has 4 nitrogen and oxygen atoms in total. The summed E-state index contributed by atoms with van der Waals surface area (Å²) < 4.78 is 4.94. The first-order chi connectivity index (χ1) is 8.79. The maximum absolute atomic E-state index is 11.7. The van der Waals surface area contributed by atoms with Gasteiger partial charge in [0, 0.05) is 32.4 Å². The lowest BCUT2D eigenvalue weighted by Crippen LogP contribution is -2.43. The molecule has 0 fully saturated rings. The Hall–Kier alpha value is -1.55. The van der Waals surface area contributed by atoms with Gasteiger partial charge in [0.2, 0.25) is 5.91 Å². The smallest absolute Gasteiger partial charge is 0.220 e. The standard InChI is InChI=1S/C14H20N2O2/c1-18-8-4-7-14(17)16-12-9-11-5-2-3-6-13(11)15-10-12/h2-3,5-6,12,15H,4,7-10H2,1H3,(H,16,17). The Morgan fingerprint density at radius 1 is 1.50 bits per heavy atom. The highest BCUT2D eigenvalue weighted by molar-refractivity contribution is 5.76. The molecule has 1 atom stereocenters. The van der Waals surface area contributed by atoms with Crippen molar-refractivity contribution in [2.75, 3.05) is 25.6 Å². The second-order valence-electron chi connectivity index (χ2n) is 4.60. The van der Waals surface area contributed by atoms with Gasteiger partial charge >= 0.3 is 0 Å². The molecular weight excluding hydrogens is 228 g/mol. The van der Waals surface area contributed by atoms with Gasteiger partial charge in [-0.25, -0.2) is 0 Å². The van der Waals surface area contributed by atoms with Gasteiger partial charge in [-0.2, -0.15) is 0 Å². The van der Waals surface area contributed by atoms with Crippen LogP contribution in [0.2, 0.25) is 0 Å². The molecule has 2 rings (SSSR count). The molecule has 1 unspecified atom stereocenters. The zero-order valence-corrected chi connectivity index (χ0v) is 10.7. The first-order valence-corrected chi connectivity index (χ1v) is 6.39. The van der Waals surface area contributed by atoms with Crippen molar-refractivity contribution >= 4 is 11.6 Å². The third kappa shape index (κ3) is 3.47. The molecule has 98 valence electrons. The van der Waals surface area contributed by atoms with Crippen molar-refractivity contribution in [3.63, 3.8) is 0 Å². The first kappa shape index (κ1) is 12.9. The first-order valence-electron chi connectivity index (χ1n) is 6.39. The Balaban J connectivity index is 1.80. The maximum atomic E-state index is 11.7. The van der Waals surface area contributed by atoms with Crippen LogP contribution in [-0.4, -0.2) is 32.2 Å². The largest absolute Gasteiger partial charge is 0.385 e. The molecule has 0 bridgehead atoms. The van der Waals surface area contributed by atoms with E-state index in [1.807, 2.05) is 12.1 Å². The second kappa shape index (κ2) is 6.40. The average molecular weight is 248 g/mol. The third-order valence-corrected chi connectivity index (χ3v) is 3.14. The number of amides is 1. The number of rotatable bonds is 5. The van der Waals surface area contributed by atoms with Crippen LogP contribution in [0.25, 0.3) is 0 Å². The molecule has 18 heavy (non-hydrogen) atoms. The van der Waals surface area contributed by atoms with Gasteiger partial charge in [0.1, 0.15) is 0 Å². The monoisotopic (exact) mass is 248 g/mol. The van der Waals surface area contributed by atoms with Crippen LogP contribution in [0, 0.1) is 0 Å². The van der Waals surface area contributed by atoms with Gasteiger partial charge in [-0.1, -0.05) is 18.2 Å². The van der Waals surface area contributed by atoms with Crippen LogP contribution >= 0.6 is 0 Å². The van der Waals surface area contributed by atoms with E-state index in [0.29, 0.717) is 13.0 Å². The highest BCUT2D eigenvalue weighted by atomic mass is 16.5. The number of nitrogens with one attached hydrogen (secondary N) is 2. The van der Waals surface area contributed by atoms with E-state index in [-0.39, 0.29) is 11.9 Å². The molecule has 0 saturated carbocycles. The number of ether oxygens (including phenoxy) is 1. The Bertz CT molecular complexity index is 407. The van der Waals surface area contributed by atoms with Gasteiger partial charge < -0.3 is 15.4 Å². The zero-order chi connectivity index (χ0) is 12.8. The zero-order valence-electron chi connectivity index (χ0n) is 10.7. The summed E-state index contributed by atoms with van der Waals surface area (Å²) in [6, 6.07) is 8.42. The number of benzene rings is 1. The minimum absolute atomic E-state index is 0.109. The molecule has 1 amide bonds. The molecule has 1 aliphatic rings. The maximum Gasteiger partial charge on any atom is 0.220 e. The second-order valence-corrected chi connectivity index (χ2v) is 4.60. The lowest BCUT2D eigenvalue weighted by Gasteiger charge is -2.26. The molecule has 1 aliphatic heterocycles. The van der Waals surface area contributed by atoms with Gasteiger partial charge in [0.15, 0.2) is 0 Å². The van der Waals surface area contributed by atoms with Gasteiger partial charge in [-0.3, -0.25) is 4.79 Å². The van der Waals surface area contributed by atoms with Gasteiger partial charge in [0.25, 0.3) is 0 Å². The van der Waals surface area contributed by atoms with Crippen molar-refractivity contribution in [2.24, 2.45) is 0 Å². The number of carbonyl (C=O) groups excluding carboxylic acids is 1. The lowest BCUT2D eigenvalue weighted by atomic mass is 9.99. The number of hydrogen-bond acceptors (Lipinski definition) is 3. The molecule has 4 heteroatoms. The minimum Gasteiger partial charge on any atom is -0.385 e. The summed E-state index contributed by atoms with van der Waals surface area (Å²) in [5.74, 6) is 0.109. The van der Waals surface area contributed by atoms with E-state index in [0.717, 1.165) is 19.4 Å². The predicted molar refractivity (Wildman–Crippen MR) is 71.7 cm³/mol. The van der Waals surface area contributed by atoms with Crippen LogP contribution < -0.4 is 10.6 Å². The number of fused-ring (bicyclic) bond motifs is 1. The lowest BCUT2D eigenvalue weighted by molar-refractivity contribution is -0.122. The molecule has 1 aromatic carbocycles. The fourth-order valence-electron chi connectivity index (χ4n) is 2.22. The summed E-state index contributed by atoms with van der Waals surface area (Å²) in [5, 5.41) is 6.41. The van der Waals surface area contributed by atoms with E-state index in [4.69, 9.17) is 4.74 Å². The van der Waals surface area contributed by atoms with Crippen molar-refractivity contribution in [2.45, 2.75) is 25.3 Å². The topological polar surface area (TPSA) is 50.4 Å². The summed E-state index contributed by atoms with van der Waals surface area (Å²) in [5.41, 5.74) is 2.45. The minimum atomic E-state index is 0.109. The molecule has 0 saturated heterocycles. The molecule has 0 radical (unpaired) electrons. The van der Waals surface area contributed by atoms with E-state index in [2.05, 4.69) is 22.8 Å². The quantitative estimate of drug-likeness (QED) is 0.778. The van der Waals surface area contributed by atoms with Crippen molar-refractivity contribution in [1.29, 1.82) is 0 Å². The van der Waals surface area contributed by atoms with E-state index < -0.39 is 0 Å². The third-order valence-electron chi connectivity index (χ3n) is 3.14. The van der Waals surface area contributed by atoms with E-state index in [1.165, 1.54) is 11.3 Å². The number of hydrogen-bond donors (Lipinski definition) is 2. The SMILES string of the molecule is COCCCC(=O)NC1CNc2ccccc2C1. The molecule has 2 N–H and O–H groups in total. The Kier molecular flexibility index (Phi) is 4.59. The van der Waals surface area contributed by atoms with E-state index in [9.17, 15) is 4.79 Å². The van der Waals surface area contributed by atoms with Crippen LogP contribution in [-0.2, 0) is 16.0 Å².